The number of hydrogen-bond donors (Lipinski definition) is 2. The molecule has 2 heterocycles. The van der Waals surface area contributed by atoms with Crippen LogP contribution in [0.2, 0.25) is 5.02 Å². The molecule has 1 saturated heterocycles. The molecule has 0 aliphatic carbocycles. The molecule has 2 aromatic rings. The van der Waals surface area contributed by atoms with Crippen LogP contribution in [0, 0.1) is 0 Å². The fourth-order valence-electron chi connectivity index (χ4n) is 3.28. The normalized spacial score (nSPS) is 17.4. The van der Waals surface area contributed by atoms with Crippen LogP contribution in [0.25, 0.3) is 0 Å². The molecule has 3 N–H and O–H groups in total. The van der Waals surface area contributed by atoms with Crippen molar-refractivity contribution in [2.75, 3.05) is 6.54 Å². The van der Waals surface area contributed by atoms with Crippen LogP contribution in [-0.4, -0.2) is 39.3 Å². The average Bonchev–Trinajstić information content (AvgIpc) is 3.30. The summed E-state index contributed by atoms with van der Waals surface area (Å²) < 4.78 is 5.12. The summed E-state index contributed by atoms with van der Waals surface area (Å²) in [6, 6.07) is 6.05. The highest BCUT2D eigenvalue weighted by molar-refractivity contribution is 6.30. The van der Waals surface area contributed by atoms with E-state index in [-0.39, 0.29) is 30.0 Å². The molecule has 1 aliphatic rings. The van der Waals surface area contributed by atoms with E-state index in [1.165, 1.54) is 6.92 Å². The van der Waals surface area contributed by atoms with Crippen molar-refractivity contribution >= 4 is 29.3 Å². The van der Waals surface area contributed by atoms with Crippen LogP contribution in [0.1, 0.15) is 60.3 Å². The quantitative estimate of drug-likeness (QED) is 0.752. The number of likely N-dealkylation sites (tertiary alicyclic amines) is 1. The lowest BCUT2D eigenvalue weighted by atomic mass is 10.0. The fourth-order valence-corrected chi connectivity index (χ4v) is 3.40. The van der Waals surface area contributed by atoms with Crippen molar-refractivity contribution < 1.29 is 18.9 Å². The van der Waals surface area contributed by atoms with E-state index < -0.39 is 18.0 Å². The van der Waals surface area contributed by atoms with Crippen LogP contribution in [0.5, 0.6) is 0 Å². The van der Waals surface area contributed by atoms with Crippen molar-refractivity contribution in [2.24, 2.45) is 5.73 Å². The van der Waals surface area contributed by atoms with Gasteiger partial charge in [0, 0.05) is 18.5 Å². The maximum absolute atomic E-state index is 13.0. The number of nitrogens with zero attached hydrogens (tertiary/aromatic N) is 3. The highest BCUT2D eigenvalue weighted by atomic mass is 35.5. The van der Waals surface area contributed by atoms with Crippen molar-refractivity contribution in [2.45, 2.75) is 38.3 Å². The largest absolute Gasteiger partial charge is 0.363 e. The molecule has 0 unspecified atom stereocenters. The third-order valence-electron chi connectivity index (χ3n) is 4.55. The molecule has 3 rings (SSSR count). The van der Waals surface area contributed by atoms with Crippen LogP contribution >= 0.6 is 11.6 Å². The van der Waals surface area contributed by atoms with Gasteiger partial charge < -0.3 is 20.5 Å². The summed E-state index contributed by atoms with van der Waals surface area (Å²) in [6.45, 7) is 1.92. The molecule has 0 bridgehead atoms. The number of hydrogen-bond acceptors (Lipinski definition) is 6. The summed E-state index contributed by atoms with van der Waals surface area (Å²) in [5.74, 6) is -1.24. The van der Waals surface area contributed by atoms with Crippen molar-refractivity contribution in [3.05, 3.63) is 46.6 Å². The molecule has 1 aromatic heterocycles. The zero-order valence-electron chi connectivity index (χ0n) is 15.2. The maximum atomic E-state index is 13.0. The second kappa shape index (κ2) is 8.39. The molecule has 1 aromatic carbocycles. The first kappa shape index (κ1) is 19.8. The van der Waals surface area contributed by atoms with Gasteiger partial charge in [0.1, 0.15) is 6.04 Å². The number of rotatable bonds is 6. The van der Waals surface area contributed by atoms with E-state index in [0.29, 0.717) is 18.0 Å². The molecule has 148 valence electrons. The molecular weight excluding hydrogens is 386 g/mol. The lowest BCUT2D eigenvalue weighted by Crippen LogP contribution is -2.35. The fraction of sp³-hybridized carbons (Fsp3) is 0.389. The minimum atomic E-state index is -0.792. The van der Waals surface area contributed by atoms with Crippen molar-refractivity contribution in [3.8, 4) is 0 Å². The zero-order chi connectivity index (χ0) is 20.3. The molecule has 3 amide bonds. The number of primary amides is 1. The Morgan fingerprint density at radius 3 is 2.68 bits per heavy atom. The number of nitrogens with two attached hydrogens (primary N) is 1. The van der Waals surface area contributed by atoms with E-state index in [9.17, 15) is 14.4 Å². The summed E-state index contributed by atoms with van der Waals surface area (Å²) in [6.07, 6.45) is 1.46. The Kier molecular flexibility index (Phi) is 5.93. The molecule has 0 radical (unpaired) electrons. The van der Waals surface area contributed by atoms with Gasteiger partial charge in [0.15, 0.2) is 0 Å². The van der Waals surface area contributed by atoms with Gasteiger partial charge in [0.05, 0.1) is 12.5 Å². The van der Waals surface area contributed by atoms with Crippen molar-refractivity contribution in [1.82, 2.24) is 20.4 Å². The Morgan fingerprint density at radius 2 is 2.07 bits per heavy atom. The van der Waals surface area contributed by atoms with Gasteiger partial charge in [0.2, 0.25) is 17.7 Å². The van der Waals surface area contributed by atoms with Gasteiger partial charge in [-0.05, 0) is 30.5 Å². The predicted octanol–water partition coefficient (Wildman–Crippen LogP) is 1.75. The Bertz CT molecular complexity index is 882. The first-order valence-corrected chi connectivity index (χ1v) is 9.18. The number of nitrogens with one attached hydrogen (secondary N) is 1. The average molecular weight is 406 g/mol. The maximum Gasteiger partial charge on any atom is 0.290 e. The Hall–Kier alpha value is -2.94. The number of carbonyl (C=O) groups excluding carboxylic acids is 3. The van der Waals surface area contributed by atoms with Gasteiger partial charge in [-0.1, -0.05) is 28.9 Å². The highest BCUT2D eigenvalue weighted by Gasteiger charge is 2.35. The van der Waals surface area contributed by atoms with Gasteiger partial charge >= 0.3 is 0 Å². The number of benzene rings is 1. The molecule has 28 heavy (non-hydrogen) atoms. The first-order chi connectivity index (χ1) is 13.3. The second-order valence-corrected chi connectivity index (χ2v) is 7.01. The molecule has 0 spiro atoms. The lowest BCUT2D eigenvalue weighted by Gasteiger charge is -2.25. The smallest absolute Gasteiger partial charge is 0.290 e. The number of amides is 3. The third kappa shape index (κ3) is 4.48. The number of carbonyl (C=O) groups is 3. The SMILES string of the molecule is CC(=O)N[C@H](CC(=O)N1CCC[C@H]1c1nc(C(N)=O)no1)c1ccc(Cl)cc1. The van der Waals surface area contributed by atoms with E-state index >= 15 is 0 Å². The summed E-state index contributed by atoms with van der Waals surface area (Å²) in [4.78, 5) is 41.4. The molecule has 2 atom stereocenters. The number of halogens is 1. The van der Waals surface area contributed by atoms with E-state index in [1.807, 2.05) is 0 Å². The Labute approximate surface area is 166 Å². The molecule has 1 aliphatic heterocycles. The van der Waals surface area contributed by atoms with Crippen LogP contribution in [0.4, 0.5) is 0 Å². The van der Waals surface area contributed by atoms with E-state index in [4.69, 9.17) is 21.9 Å². The first-order valence-electron chi connectivity index (χ1n) is 8.80. The van der Waals surface area contributed by atoms with Crippen LogP contribution in [0.3, 0.4) is 0 Å². The summed E-state index contributed by atoms with van der Waals surface area (Å²) in [5, 5.41) is 6.91. The second-order valence-electron chi connectivity index (χ2n) is 6.57. The predicted molar refractivity (Wildman–Crippen MR) is 99.1 cm³/mol. The lowest BCUT2D eigenvalue weighted by molar-refractivity contribution is -0.133. The molecule has 10 heteroatoms. The molecule has 1 fully saturated rings. The summed E-state index contributed by atoms with van der Waals surface area (Å²) in [7, 11) is 0. The Balaban J connectivity index is 1.76. The number of aromatic nitrogens is 2. The zero-order valence-corrected chi connectivity index (χ0v) is 16.0. The molecule has 0 saturated carbocycles. The van der Waals surface area contributed by atoms with Gasteiger partial charge in [0.25, 0.3) is 11.7 Å². The van der Waals surface area contributed by atoms with Gasteiger partial charge in [-0.3, -0.25) is 14.4 Å². The third-order valence-corrected chi connectivity index (χ3v) is 4.80. The standard InChI is InChI=1S/C18H20ClN5O4/c1-10(25)21-13(11-4-6-12(19)7-5-11)9-15(26)24-8-2-3-14(24)18-22-17(16(20)27)23-28-18/h4-7,13-14H,2-3,8-9H2,1H3,(H2,20,27)(H,21,25)/t13-,14+/m1/s1. The van der Waals surface area contributed by atoms with E-state index in [1.54, 1.807) is 29.2 Å². The van der Waals surface area contributed by atoms with Crippen LogP contribution < -0.4 is 11.1 Å². The van der Waals surface area contributed by atoms with Crippen LogP contribution in [-0.2, 0) is 9.59 Å². The van der Waals surface area contributed by atoms with Gasteiger partial charge in [-0.15, -0.1) is 0 Å². The minimum Gasteiger partial charge on any atom is -0.363 e. The summed E-state index contributed by atoms with van der Waals surface area (Å²) >= 11 is 5.92. The van der Waals surface area contributed by atoms with Crippen molar-refractivity contribution in [3.63, 3.8) is 0 Å². The topological polar surface area (TPSA) is 131 Å². The van der Waals surface area contributed by atoms with Gasteiger partial charge in [-0.2, -0.15) is 4.98 Å². The molecular formula is C18H20ClN5O4. The summed E-state index contributed by atoms with van der Waals surface area (Å²) in [5.41, 5.74) is 5.93. The van der Waals surface area contributed by atoms with Crippen LogP contribution in [0.15, 0.2) is 28.8 Å². The minimum absolute atomic E-state index is 0.0640. The highest BCUT2D eigenvalue weighted by Crippen LogP contribution is 2.32. The van der Waals surface area contributed by atoms with E-state index in [2.05, 4.69) is 15.5 Å². The molecule has 9 nitrogen and oxygen atoms in total. The van der Waals surface area contributed by atoms with Crippen molar-refractivity contribution in [1.29, 1.82) is 0 Å². The Morgan fingerprint density at radius 1 is 1.36 bits per heavy atom. The van der Waals surface area contributed by atoms with E-state index in [0.717, 1.165) is 12.0 Å². The van der Waals surface area contributed by atoms with Gasteiger partial charge in [-0.25, -0.2) is 0 Å². The monoisotopic (exact) mass is 405 g/mol.